The third-order valence-corrected chi connectivity index (χ3v) is 3.61. The standard InChI is InChI=1S/C15H18FNO3/c1-14(2,3)20-13(18)17-8-12-15(9-17,19-12)10-4-6-11(16)7-5-10/h4-7,12H,8-9H2,1-3H3. The summed E-state index contributed by atoms with van der Waals surface area (Å²) in [6, 6.07) is 6.26. The maximum atomic E-state index is 13.0. The normalized spacial score (nSPS) is 28.2. The molecule has 2 saturated heterocycles. The van der Waals surface area contributed by atoms with E-state index in [9.17, 15) is 9.18 Å². The lowest BCUT2D eigenvalue weighted by molar-refractivity contribution is 0.0195. The second kappa shape index (κ2) is 4.19. The van der Waals surface area contributed by atoms with Gasteiger partial charge in [0.25, 0.3) is 0 Å². The highest BCUT2D eigenvalue weighted by Gasteiger charge is 2.64. The van der Waals surface area contributed by atoms with E-state index in [1.807, 2.05) is 20.8 Å². The van der Waals surface area contributed by atoms with E-state index < -0.39 is 11.2 Å². The monoisotopic (exact) mass is 279 g/mol. The Morgan fingerprint density at radius 2 is 2.05 bits per heavy atom. The van der Waals surface area contributed by atoms with E-state index >= 15 is 0 Å². The van der Waals surface area contributed by atoms with Crippen LogP contribution in [0.25, 0.3) is 0 Å². The van der Waals surface area contributed by atoms with Crippen LogP contribution in [0.4, 0.5) is 9.18 Å². The second-order valence-electron chi connectivity index (χ2n) is 6.36. The molecule has 2 fully saturated rings. The predicted octanol–water partition coefficient (Wildman–Crippen LogP) is 2.67. The molecule has 4 nitrogen and oxygen atoms in total. The number of hydrogen-bond donors (Lipinski definition) is 0. The molecule has 1 amide bonds. The summed E-state index contributed by atoms with van der Waals surface area (Å²) in [6.07, 6.45) is -0.338. The highest BCUT2D eigenvalue weighted by Crippen LogP contribution is 2.51. The molecule has 1 aromatic carbocycles. The van der Waals surface area contributed by atoms with Crippen molar-refractivity contribution < 1.29 is 18.7 Å². The number of epoxide rings is 1. The molecule has 0 saturated carbocycles. The van der Waals surface area contributed by atoms with Crippen LogP contribution < -0.4 is 0 Å². The van der Waals surface area contributed by atoms with Crippen molar-refractivity contribution in [1.29, 1.82) is 0 Å². The maximum absolute atomic E-state index is 13.0. The van der Waals surface area contributed by atoms with Crippen LogP contribution in [-0.4, -0.2) is 35.8 Å². The fourth-order valence-corrected chi connectivity index (χ4v) is 2.63. The molecular formula is C15H18FNO3. The first kappa shape index (κ1) is 13.4. The van der Waals surface area contributed by atoms with Gasteiger partial charge in [-0.05, 0) is 38.5 Å². The van der Waals surface area contributed by atoms with E-state index in [1.165, 1.54) is 12.1 Å². The fourth-order valence-electron chi connectivity index (χ4n) is 2.63. The Hall–Kier alpha value is -1.62. The lowest BCUT2D eigenvalue weighted by Gasteiger charge is -2.26. The van der Waals surface area contributed by atoms with Gasteiger partial charge < -0.3 is 14.4 Å². The number of benzene rings is 1. The molecule has 0 spiro atoms. The lowest BCUT2D eigenvalue weighted by atomic mass is 9.98. The van der Waals surface area contributed by atoms with Crippen molar-refractivity contribution >= 4 is 6.09 Å². The Labute approximate surface area is 117 Å². The average molecular weight is 279 g/mol. The molecule has 0 radical (unpaired) electrons. The SMILES string of the molecule is CC(C)(C)OC(=O)N1CC2OC2(c2ccc(F)cc2)C1. The zero-order valence-electron chi connectivity index (χ0n) is 11.9. The fraction of sp³-hybridized carbons (Fsp3) is 0.533. The molecule has 2 heterocycles. The van der Waals surface area contributed by atoms with Crippen LogP contribution in [0.1, 0.15) is 26.3 Å². The molecule has 20 heavy (non-hydrogen) atoms. The summed E-state index contributed by atoms with van der Waals surface area (Å²) in [4.78, 5) is 13.7. The second-order valence-corrected chi connectivity index (χ2v) is 6.36. The number of rotatable bonds is 1. The number of likely N-dealkylation sites (tertiary alicyclic amines) is 1. The molecule has 2 aliphatic rings. The first-order valence-electron chi connectivity index (χ1n) is 6.72. The molecule has 1 aromatic rings. The van der Waals surface area contributed by atoms with Crippen LogP contribution >= 0.6 is 0 Å². The third kappa shape index (κ3) is 2.26. The van der Waals surface area contributed by atoms with E-state index in [1.54, 1.807) is 17.0 Å². The van der Waals surface area contributed by atoms with Crippen LogP contribution in [0.5, 0.6) is 0 Å². The topological polar surface area (TPSA) is 42.1 Å². The van der Waals surface area contributed by atoms with Crippen molar-refractivity contribution in [2.75, 3.05) is 13.1 Å². The van der Waals surface area contributed by atoms with Gasteiger partial charge in [-0.15, -0.1) is 0 Å². The number of nitrogens with zero attached hydrogens (tertiary/aromatic N) is 1. The molecule has 108 valence electrons. The van der Waals surface area contributed by atoms with Crippen LogP contribution in [0, 0.1) is 5.82 Å². The van der Waals surface area contributed by atoms with Gasteiger partial charge in [0.2, 0.25) is 0 Å². The largest absolute Gasteiger partial charge is 0.444 e. The Morgan fingerprint density at radius 3 is 2.65 bits per heavy atom. The van der Waals surface area contributed by atoms with Crippen molar-refractivity contribution in [3.05, 3.63) is 35.6 Å². The van der Waals surface area contributed by atoms with Gasteiger partial charge in [-0.25, -0.2) is 9.18 Å². The van der Waals surface area contributed by atoms with Crippen LogP contribution in [0.15, 0.2) is 24.3 Å². The third-order valence-electron chi connectivity index (χ3n) is 3.61. The summed E-state index contributed by atoms with van der Waals surface area (Å²) < 4.78 is 24.0. The van der Waals surface area contributed by atoms with Gasteiger partial charge in [-0.2, -0.15) is 0 Å². The number of carbonyl (C=O) groups excluding carboxylic acids is 1. The molecule has 0 aromatic heterocycles. The molecular weight excluding hydrogens is 261 g/mol. The van der Waals surface area contributed by atoms with Crippen molar-refractivity contribution in [2.45, 2.75) is 38.1 Å². The number of ether oxygens (including phenoxy) is 2. The lowest BCUT2D eigenvalue weighted by Crippen LogP contribution is -2.38. The summed E-state index contributed by atoms with van der Waals surface area (Å²) >= 11 is 0. The Balaban J connectivity index is 1.71. The van der Waals surface area contributed by atoms with Crippen molar-refractivity contribution in [3.63, 3.8) is 0 Å². The summed E-state index contributed by atoms with van der Waals surface area (Å²) in [5.74, 6) is -0.274. The maximum Gasteiger partial charge on any atom is 0.410 e. The van der Waals surface area contributed by atoms with Gasteiger partial charge in [-0.3, -0.25) is 0 Å². The van der Waals surface area contributed by atoms with Crippen molar-refractivity contribution in [2.24, 2.45) is 0 Å². The first-order chi connectivity index (χ1) is 9.30. The summed E-state index contributed by atoms with van der Waals surface area (Å²) in [6.45, 7) is 6.50. The van der Waals surface area contributed by atoms with E-state index in [-0.39, 0.29) is 18.0 Å². The molecule has 2 unspecified atom stereocenters. The number of morpholine rings is 1. The quantitative estimate of drug-likeness (QED) is 0.742. The first-order valence-corrected chi connectivity index (χ1v) is 6.72. The van der Waals surface area contributed by atoms with Gasteiger partial charge in [-0.1, -0.05) is 12.1 Å². The molecule has 2 atom stereocenters. The smallest absolute Gasteiger partial charge is 0.410 e. The average Bonchev–Trinajstić information content (AvgIpc) is 2.90. The van der Waals surface area contributed by atoms with Gasteiger partial charge in [0.15, 0.2) is 0 Å². The zero-order valence-corrected chi connectivity index (χ0v) is 11.9. The van der Waals surface area contributed by atoms with Gasteiger partial charge >= 0.3 is 6.09 Å². The highest BCUT2D eigenvalue weighted by molar-refractivity contribution is 5.69. The summed E-state index contributed by atoms with van der Waals surface area (Å²) in [5, 5.41) is 0. The molecule has 3 rings (SSSR count). The van der Waals surface area contributed by atoms with Crippen LogP contribution in [0.3, 0.4) is 0 Å². The molecule has 0 aliphatic carbocycles. The zero-order chi connectivity index (χ0) is 14.5. The summed E-state index contributed by atoms with van der Waals surface area (Å²) in [5.41, 5.74) is -0.0618. The van der Waals surface area contributed by atoms with Crippen molar-refractivity contribution in [1.82, 2.24) is 4.90 Å². The van der Waals surface area contributed by atoms with E-state index in [2.05, 4.69) is 0 Å². The Bertz CT molecular complexity index is 537. The summed E-state index contributed by atoms with van der Waals surface area (Å²) in [7, 11) is 0. The van der Waals surface area contributed by atoms with Gasteiger partial charge in [0.1, 0.15) is 23.1 Å². The molecule has 5 heteroatoms. The van der Waals surface area contributed by atoms with E-state index in [0.717, 1.165) is 5.56 Å². The Kier molecular flexibility index (Phi) is 2.80. The minimum Gasteiger partial charge on any atom is -0.444 e. The minimum atomic E-state index is -0.506. The highest BCUT2D eigenvalue weighted by atomic mass is 19.1. The predicted molar refractivity (Wildman–Crippen MR) is 70.8 cm³/mol. The number of halogens is 1. The van der Waals surface area contributed by atoms with Crippen LogP contribution in [-0.2, 0) is 15.1 Å². The number of amides is 1. The molecule has 0 N–H and O–H groups in total. The van der Waals surface area contributed by atoms with Gasteiger partial charge in [0.05, 0.1) is 13.1 Å². The van der Waals surface area contributed by atoms with Crippen molar-refractivity contribution in [3.8, 4) is 0 Å². The number of fused-ring (bicyclic) bond motifs is 1. The Morgan fingerprint density at radius 1 is 1.40 bits per heavy atom. The number of carbonyl (C=O) groups is 1. The minimum absolute atomic E-state index is 0.0134. The van der Waals surface area contributed by atoms with Gasteiger partial charge in [0, 0.05) is 0 Å². The van der Waals surface area contributed by atoms with E-state index in [4.69, 9.17) is 9.47 Å². The molecule has 0 bridgehead atoms. The van der Waals surface area contributed by atoms with Crippen LogP contribution in [0.2, 0.25) is 0 Å². The molecule has 2 aliphatic heterocycles. The number of hydrogen-bond acceptors (Lipinski definition) is 3. The van der Waals surface area contributed by atoms with E-state index in [0.29, 0.717) is 13.1 Å².